The minimum Gasteiger partial charge on any atom is -0.0993 e. The number of hydrogen-bond acceptors (Lipinski definition) is 0. The lowest BCUT2D eigenvalue weighted by Crippen LogP contribution is -2.41. The smallest absolute Gasteiger partial charge is 0.00876 e. The summed E-state index contributed by atoms with van der Waals surface area (Å²) in [5.74, 6) is 3.32. The van der Waals surface area contributed by atoms with Crippen LogP contribution in [0, 0.1) is 29.1 Å². The van der Waals surface area contributed by atoms with Crippen LogP contribution in [0.3, 0.4) is 0 Å². The second-order valence-electron chi connectivity index (χ2n) is 8.19. The summed E-state index contributed by atoms with van der Waals surface area (Å²) in [4.78, 5) is 0. The molecular weight excluding hydrogens is 300 g/mol. The van der Waals surface area contributed by atoms with Crippen LogP contribution in [0.5, 0.6) is 0 Å². The number of rotatable bonds is 1. The molecule has 0 spiro atoms. The fourth-order valence-corrected chi connectivity index (χ4v) is 5.67. The van der Waals surface area contributed by atoms with Crippen LogP contribution in [0.1, 0.15) is 93.9 Å². The van der Waals surface area contributed by atoms with Crippen LogP contribution < -0.4 is 0 Å². The Bertz CT molecular complexity index is 490. The maximum atomic E-state index is 4.42. The van der Waals surface area contributed by atoms with Crippen molar-refractivity contribution < 1.29 is 0 Å². The second-order valence-corrected chi connectivity index (χ2v) is 8.19. The normalized spacial score (nSPS) is 37.0. The zero-order valence-corrected chi connectivity index (χ0v) is 18.4. The molecule has 0 aromatic rings. The van der Waals surface area contributed by atoms with Gasteiger partial charge in [-0.3, -0.25) is 0 Å². The summed E-state index contributed by atoms with van der Waals surface area (Å²) in [6, 6.07) is 0. The van der Waals surface area contributed by atoms with Gasteiger partial charge in [-0.25, -0.2) is 0 Å². The van der Waals surface area contributed by atoms with E-state index >= 15 is 0 Å². The molecule has 0 heterocycles. The van der Waals surface area contributed by atoms with Gasteiger partial charge in [-0.2, -0.15) is 0 Å². The summed E-state index contributed by atoms with van der Waals surface area (Å²) in [5, 5.41) is 0. The molecule has 3 fully saturated rings. The molecule has 144 valence electrons. The molecule has 0 saturated heterocycles. The monoisotopic (exact) mass is 344 g/mol. The van der Waals surface area contributed by atoms with Gasteiger partial charge in [0.2, 0.25) is 0 Å². The van der Waals surface area contributed by atoms with Crippen molar-refractivity contribution in [3.8, 4) is 0 Å². The third kappa shape index (κ3) is 4.32. The summed E-state index contributed by atoms with van der Waals surface area (Å²) in [5.41, 5.74) is 5.37. The first-order valence-corrected chi connectivity index (χ1v) is 11.0. The van der Waals surface area contributed by atoms with Crippen molar-refractivity contribution in [1.29, 1.82) is 0 Å². The van der Waals surface area contributed by atoms with Crippen LogP contribution in [0.2, 0.25) is 0 Å². The van der Waals surface area contributed by atoms with Crippen LogP contribution >= 0.6 is 0 Å². The quantitative estimate of drug-likeness (QED) is 0.419. The van der Waals surface area contributed by atoms with Gasteiger partial charge in [0.1, 0.15) is 0 Å². The summed E-state index contributed by atoms with van der Waals surface area (Å²) in [6.45, 7) is 21.8. The Morgan fingerprint density at radius 2 is 1.68 bits per heavy atom. The maximum absolute atomic E-state index is 4.42. The number of allylic oxidation sites excluding steroid dienone is 5. The first-order valence-electron chi connectivity index (χ1n) is 11.0. The molecule has 3 aliphatic rings. The Kier molecular flexibility index (Phi) is 8.72. The lowest BCUT2D eigenvalue weighted by molar-refractivity contribution is 0.0639. The van der Waals surface area contributed by atoms with Gasteiger partial charge in [0.15, 0.2) is 0 Å². The first kappa shape index (κ1) is 22.3. The van der Waals surface area contributed by atoms with Gasteiger partial charge in [-0.05, 0) is 85.7 Å². The van der Waals surface area contributed by atoms with E-state index in [4.69, 9.17) is 0 Å². The molecule has 0 aromatic heterocycles. The maximum Gasteiger partial charge on any atom is -0.00876 e. The van der Waals surface area contributed by atoms with Gasteiger partial charge in [-0.15, -0.1) is 0 Å². The van der Waals surface area contributed by atoms with E-state index in [0.717, 1.165) is 17.8 Å². The Hall–Kier alpha value is -0.780. The lowest BCUT2D eigenvalue weighted by atomic mass is 9.54. The molecule has 0 amide bonds. The van der Waals surface area contributed by atoms with Crippen LogP contribution in [-0.4, -0.2) is 0 Å². The molecule has 3 rings (SSSR count). The Labute approximate surface area is 158 Å². The van der Waals surface area contributed by atoms with Crippen molar-refractivity contribution in [1.82, 2.24) is 0 Å². The molecule has 0 N–H and O–H groups in total. The zero-order chi connectivity index (χ0) is 19.2. The molecular formula is C25H44. The highest BCUT2D eigenvalue weighted by Gasteiger charge is 2.52. The summed E-state index contributed by atoms with van der Waals surface area (Å²) in [7, 11) is 0. The average molecular weight is 345 g/mol. The molecule has 0 radical (unpaired) electrons. The van der Waals surface area contributed by atoms with Gasteiger partial charge < -0.3 is 0 Å². The summed E-state index contributed by atoms with van der Waals surface area (Å²) >= 11 is 0. The number of fused-ring (bicyclic) bond motifs is 3. The predicted molar refractivity (Wildman–Crippen MR) is 115 cm³/mol. The first-order chi connectivity index (χ1) is 12.0. The molecule has 0 heteroatoms. The van der Waals surface area contributed by atoms with Crippen LogP contribution in [0.25, 0.3) is 0 Å². The predicted octanol–water partition coefficient (Wildman–Crippen LogP) is 8.36. The van der Waals surface area contributed by atoms with Gasteiger partial charge in [0.05, 0.1) is 0 Å². The molecule has 4 atom stereocenters. The topological polar surface area (TPSA) is 0 Å². The fraction of sp³-hybridized carbons (Fsp3) is 0.760. The van der Waals surface area contributed by atoms with E-state index in [1.165, 1.54) is 38.5 Å². The third-order valence-electron chi connectivity index (χ3n) is 6.75. The van der Waals surface area contributed by atoms with Crippen molar-refractivity contribution in [2.75, 3.05) is 0 Å². The van der Waals surface area contributed by atoms with Gasteiger partial charge in [0.25, 0.3) is 0 Å². The minimum atomic E-state index is 0.458. The van der Waals surface area contributed by atoms with Crippen molar-refractivity contribution in [3.05, 3.63) is 35.5 Å². The second kappa shape index (κ2) is 9.79. The molecule has 0 aliphatic heterocycles. The van der Waals surface area contributed by atoms with Crippen LogP contribution in [-0.2, 0) is 0 Å². The third-order valence-corrected chi connectivity index (χ3v) is 6.75. The molecule has 3 aliphatic carbocycles. The lowest BCUT2D eigenvalue weighted by Gasteiger charge is -2.50. The van der Waals surface area contributed by atoms with E-state index in [1.807, 2.05) is 27.7 Å². The molecule has 3 unspecified atom stereocenters. The molecule has 25 heavy (non-hydrogen) atoms. The van der Waals surface area contributed by atoms with Crippen molar-refractivity contribution >= 4 is 0 Å². The Balaban J connectivity index is 0.000000730. The van der Waals surface area contributed by atoms with Gasteiger partial charge in [-0.1, -0.05) is 72.8 Å². The standard InChI is InChI=1S/C21H32.2C2H6/c1-6-17-16(13-14(2)3)8-9-19-18(17)11-12-21(5)15(4)7-10-20(19)21;2*1-2/h6,13-14,18-20H,4,7-12H2,1-3,5H3;2*1-2H3/b16-13-,17-6+;;/t18?,19?,20?,21-;;/m1../s1. The van der Waals surface area contributed by atoms with Crippen molar-refractivity contribution in [2.45, 2.75) is 93.9 Å². The number of hydrogen-bond donors (Lipinski definition) is 0. The zero-order valence-electron chi connectivity index (χ0n) is 18.4. The molecule has 0 bridgehead atoms. The van der Waals surface area contributed by atoms with Gasteiger partial charge in [0, 0.05) is 0 Å². The van der Waals surface area contributed by atoms with Crippen LogP contribution in [0.4, 0.5) is 0 Å². The van der Waals surface area contributed by atoms with E-state index in [-0.39, 0.29) is 0 Å². The SMILES string of the molecule is C=C1CCC2C3CCC(=C/C(C)C)/C(=C\C)C3CC[C@]12C.CC.CC. The van der Waals surface area contributed by atoms with E-state index in [0.29, 0.717) is 11.3 Å². The highest BCUT2D eigenvalue weighted by Crippen LogP contribution is 2.62. The highest BCUT2D eigenvalue weighted by molar-refractivity contribution is 5.38. The summed E-state index contributed by atoms with van der Waals surface area (Å²) < 4.78 is 0. The Morgan fingerprint density at radius 3 is 2.24 bits per heavy atom. The minimum absolute atomic E-state index is 0.458. The fourth-order valence-electron chi connectivity index (χ4n) is 5.67. The average Bonchev–Trinajstić information content (AvgIpc) is 2.93. The highest BCUT2D eigenvalue weighted by atomic mass is 14.6. The Morgan fingerprint density at radius 1 is 1.04 bits per heavy atom. The molecule has 0 aromatic carbocycles. The van der Waals surface area contributed by atoms with Crippen molar-refractivity contribution in [3.63, 3.8) is 0 Å². The van der Waals surface area contributed by atoms with Crippen LogP contribution in [0.15, 0.2) is 35.5 Å². The van der Waals surface area contributed by atoms with E-state index in [9.17, 15) is 0 Å². The van der Waals surface area contributed by atoms with E-state index in [1.54, 1.807) is 16.7 Å². The van der Waals surface area contributed by atoms with Crippen molar-refractivity contribution in [2.24, 2.45) is 29.1 Å². The summed E-state index contributed by atoms with van der Waals surface area (Å²) in [6.07, 6.45) is 13.1. The largest absolute Gasteiger partial charge is 0.0993 e. The van der Waals surface area contributed by atoms with E-state index in [2.05, 4.69) is 46.4 Å². The van der Waals surface area contributed by atoms with E-state index < -0.39 is 0 Å². The molecule has 0 nitrogen and oxygen atoms in total. The van der Waals surface area contributed by atoms with Gasteiger partial charge >= 0.3 is 0 Å². The molecule has 3 saturated carbocycles.